The number of rotatable bonds is 8. The van der Waals surface area contributed by atoms with Gasteiger partial charge in [-0.1, -0.05) is 12.1 Å². The Bertz CT molecular complexity index is 539. The zero-order valence-electron chi connectivity index (χ0n) is 12.9. The second-order valence-corrected chi connectivity index (χ2v) is 6.06. The van der Waals surface area contributed by atoms with Crippen LogP contribution >= 0.6 is 11.3 Å². The van der Waals surface area contributed by atoms with Crippen LogP contribution in [0, 0.1) is 6.92 Å². The molecule has 2 aromatic rings. The minimum atomic E-state index is 0.694. The van der Waals surface area contributed by atoms with Gasteiger partial charge in [0.15, 0.2) is 0 Å². The van der Waals surface area contributed by atoms with Crippen LogP contribution in [0.25, 0.3) is 0 Å². The summed E-state index contributed by atoms with van der Waals surface area (Å²) in [5, 5.41) is 3.14. The van der Waals surface area contributed by atoms with E-state index in [0.29, 0.717) is 6.61 Å². The van der Waals surface area contributed by atoms with Crippen molar-refractivity contribution in [3.8, 4) is 5.75 Å². The van der Waals surface area contributed by atoms with Crippen molar-refractivity contribution in [1.82, 2.24) is 15.2 Å². The molecule has 0 unspecified atom stereocenters. The highest BCUT2D eigenvalue weighted by atomic mass is 32.1. The van der Waals surface area contributed by atoms with Crippen molar-refractivity contribution in [1.29, 1.82) is 0 Å². The van der Waals surface area contributed by atoms with Crippen LogP contribution < -0.4 is 10.1 Å². The van der Waals surface area contributed by atoms with Crippen molar-refractivity contribution in [2.75, 3.05) is 27.2 Å². The topological polar surface area (TPSA) is 37.4 Å². The third-order valence-electron chi connectivity index (χ3n) is 3.30. The molecule has 0 bridgehead atoms. The van der Waals surface area contributed by atoms with Crippen LogP contribution in [0.1, 0.15) is 16.1 Å². The van der Waals surface area contributed by atoms with Crippen LogP contribution in [0.3, 0.4) is 0 Å². The molecule has 0 aliphatic carbocycles. The molecule has 1 N–H and O–H groups in total. The zero-order valence-corrected chi connectivity index (χ0v) is 13.7. The number of thiazole rings is 1. The van der Waals surface area contributed by atoms with E-state index in [1.165, 1.54) is 10.4 Å². The summed E-state index contributed by atoms with van der Waals surface area (Å²) in [5.41, 5.74) is 4.30. The van der Waals surface area contributed by atoms with Gasteiger partial charge in [0.25, 0.3) is 0 Å². The van der Waals surface area contributed by atoms with E-state index in [1.807, 2.05) is 24.7 Å². The fourth-order valence-electron chi connectivity index (χ4n) is 2.03. The molecule has 1 heterocycles. The van der Waals surface area contributed by atoms with Crippen LogP contribution in [-0.4, -0.2) is 37.1 Å². The smallest absolute Gasteiger partial charge is 0.119 e. The van der Waals surface area contributed by atoms with Crippen molar-refractivity contribution in [2.24, 2.45) is 0 Å². The average molecular weight is 305 g/mol. The number of hydrogen-bond acceptors (Lipinski definition) is 5. The Kier molecular flexibility index (Phi) is 6.17. The summed E-state index contributed by atoms with van der Waals surface area (Å²) >= 11 is 1.71. The van der Waals surface area contributed by atoms with E-state index in [1.54, 1.807) is 11.3 Å². The van der Waals surface area contributed by atoms with Gasteiger partial charge in [0.2, 0.25) is 0 Å². The molecule has 5 heteroatoms. The van der Waals surface area contributed by atoms with Gasteiger partial charge >= 0.3 is 0 Å². The summed E-state index contributed by atoms with van der Waals surface area (Å²) in [7, 11) is 4.06. The zero-order chi connectivity index (χ0) is 15.1. The first-order valence-electron chi connectivity index (χ1n) is 7.13. The van der Waals surface area contributed by atoms with E-state index >= 15 is 0 Å². The summed E-state index contributed by atoms with van der Waals surface area (Å²) in [6, 6.07) is 8.24. The minimum Gasteiger partial charge on any atom is -0.492 e. The van der Waals surface area contributed by atoms with Gasteiger partial charge in [0, 0.05) is 24.5 Å². The van der Waals surface area contributed by atoms with Crippen LogP contribution in [-0.2, 0) is 13.1 Å². The first kappa shape index (κ1) is 15.9. The van der Waals surface area contributed by atoms with Crippen molar-refractivity contribution >= 4 is 11.3 Å². The number of likely N-dealkylation sites (N-methyl/N-ethyl adjacent to an activating group) is 1. The summed E-state index contributed by atoms with van der Waals surface area (Å²) < 4.78 is 5.78. The first-order chi connectivity index (χ1) is 10.2. The third-order valence-corrected chi connectivity index (χ3v) is 4.22. The maximum Gasteiger partial charge on any atom is 0.119 e. The van der Waals surface area contributed by atoms with E-state index in [9.17, 15) is 0 Å². The number of aromatic nitrogens is 1. The number of nitrogens with zero attached hydrogens (tertiary/aromatic N) is 2. The second-order valence-electron chi connectivity index (χ2n) is 5.12. The molecular formula is C16H23N3OS. The number of aryl methyl sites for hydroxylation is 1. The van der Waals surface area contributed by atoms with Crippen LogP contribution in [0.4, 0.5) is 0 Å². The normalized spacial score (nSPS) is 11.0. The molecule has 4 nitrogen and oxygen atoms in total. The summed E-state index contributed by atoms with van der Waals surface area (Å²) in [4.78, 5) is 7.86. The quantitative estimate of drug-likeness (QED) is 0.813. The summed E-state index contributed by atoms with van der Waals surface area (Å²) in [6.07, 6.45) is 0. The summed E-state index contributed by atoms with van der Waals surface area (Å²) in [6.45, 7) is 5.47. The predicted octanol–water partition coefficient (Wildman–Crippen LogP) is 2.68. The Balaban J connectivity index is 1.72. The maximum absolute atomic E-state index is 5.78. The van der Waals surface area contributed by atoms with Gasteiger partial charge in [-0.25, -0.2) is 4.98 Å². The molecule has 1 aromatic heterocycles. The van der Waals surface area contributed by atoms with Crippen molar-refractivity contribution in [2.45, 2.75) is 20.0 Å². The van der Waals surface area contributed by atoms with Gasteiger partial charge < -0.3 is 10.1 Å². The molecule has 0 saturated heterocycles. The minimum absolute atomic E-state index is 0.694. The van der Waals surface area contributed by atoms with E-state index in [0.717, 1.165) is 31.1 Å². The molecule has 0 amide bonds. The number of benzene rings is 1. The average Bonchev–Trinajstić information content (AvgIpc) is 2.86. The third kappa shape index (κ3) is 5.12. The Labute approximate surface area is 130 Å². The first-order valence-corrected chi connectivity index (χ1v) is 8.01. The molecule has 0 atom stereocenters. The van der Waals surface area contributed by atoms with E-state index in [-0.39, 0.29) is 0 Å². The number of nitrogens with one attached hydrogen (secondary N) is 1. The Morgan fingerprint density at radius 3 is 2.67 bits per heavy atom. The largest absolute Gasteiger partial charge is 0.492 e. The molecule has 0 radical (unpaired) electrons. The monoisotopic (exact) mass is 305 g/mol. The highest BCUT2D eigenvalue weighted by Gasteiger charge is 2.05. The lowest BCUT2D eigenvalue weighted by molar-refractivity contribution is 0.233. The lowest BCUT2D eigenvalue weighted by atomic mass is 10.2. The molecule has 0 saturated carbocycles. The van der Waals surface area contributed by atoms with Gasteiger partial charge in [-0.3, -0.25) is 4.90 Å². The van der Waals surface area contributed by atoms with E-state index in [4.69, 9.17) is 4.74 Å². The van der Waals surface area contributed by atoms with Crippen molar-refractivity contribution in [3.05, 3.63) is 45.9 Å². The lowest BCUT2D eigenvalue weighted by Crippen LogP contribution is -2.23. The van der Waals surface area contributed by atoms with Crippen LogP contribution in [0.2, 0.25) is 0 Å². The van der Waals surface area contributed by atoms with Crippen LogP contribution in [0.15, 0.2) is 29.8 Å². The maximum atomic E-state index is 5.78. The molecule has 0 fully saturated rings. The van der Waals surface area contributed by atoms with E-state index in [2.05, 4.69) is 41.3 Å². The Hall–Kier alpha value is -1.43. The Morgan fingerprint density at radius 2 is 2.05 bits per heavy atom. The van der Waals surface area contributed by atoms with Crippen molar-refractivity contribution in [3.63, 3.8) is 0 Å². The van der Waals surface area contributed by atoms with Gasteiger partial charge in [0.1, 0.15) is 12.4 Å². The lowest BCUT2D eigenvalue weighted by Gasteiger charge is -2.16. The highest BCUT2D eigenvalue weighted by molar-refractivity contribution is 7.09. The SMILES string of the molecule is CNCc1ccc(OCCN(C)Cc2scnc2C)cc1. The number of ether oxygens (including phenoxy) is 1. The molecule has 114 valence electrons. The summed E-state index contributed by atoms with van der Waals surface area (Å²) in [5.74, 6) is 0.928. The molecule has 0 aliphatic rings. The van der Waals surface area contributed by atoms with Crippen LogP contribution in [0.5, 0.6) is 5.75 Å². The molecule has 0 aliphatic heterocycles. The van der Waals surface area contributed by atoms with Gasteiger partial charge in [-0.05, 0) is 38.7 Å². The fraction of sp³-hybridized carbons (Fsp3) is 0.438. The Morgan fingerprint density at radius 1 is 1.29 bits per heavy atom. The molecule has 21 heavy (non-hydrogen) atoms. The van der Waals surface area contributed by atoms with Gasteiger partial charge in [0.05, 0.1) is 11.2 Å². The molecule has 2 rings (SSSR count). The van der Waals surface area contributed by atoms with E-state index < -0.39 is 0 Å². The van der Waals surface area contributed by atoms with Gasteiger partial charge in [-0.15, -0.1) is 11.3 Å². The van der Waals surface area contributed by atoms with Gasteiger partial charge in [-0.2, -0.15) is 0 Å². The molecule has 1 aromatic carbocycles. The highest BCUT2D eigenvalue weighted by Crippen LogP contribution is 2.15. The molecular weight excluding hydrogens is 282 g/mol. The van der Waals surface area contributed by atoms with Crippen molar-refractivity contribution < 1.29 is 4.74 Å². The second kappa shape index (κ2) is 8.12. The standard InChI is InChI=1S/C16H23N3OS/c1-13-16(21-12-18-13)11-19(3)8-9-20-15-6-4-14(5-7-15)10-17-2/h4-7,12,17H,8-11H2,1-3H3. The fourth-order valence-corrected chi connectivity index (χ4v) is 2.89. The number of hydrogen-bond donors (Lipinski definition) is 1. The molecule has 0 spiro atoms. The predicted molar refractivity (Wildman–Crippen MR) is 87.9 cm³/mol.